The maximum absolute atomic E-state index is 4.87. The molecular weight excluding hydrogens is 322 g/mol. The summed E-state index contributed by atoms with van der Waals surface area (Å²) in [4.78, 5) is 16.6. The molecule has 2 saturated heterocycles. The van der Waals surface area contributed by atoms with Gasteiger partial charge in [-0.05, 0) is 56.4 Å². The molecule has 0 saturated carbocycles. The minimum atomic E-state index is 0.902. The Hall–Kier alpha value is -2.30. The smallest absolute Gasteiger partial charge is 0.227 e. The predicted molar refractivity (Wildman–Crippen MR) is 108 cm³/mol. The second-order valence-corrected chi connectivity index (χ2v) is 7.46. The van der Waals surface area contributed by atoms with E-state index in [1.54, 1.807) is 0 Å². The van der Waals surface area contributed by atoms with Gasteiger partial charge in [0.1, 0.15) is 5.82 Å². The van der Waals surface area contributed by atoms with E-state index in [9.17, 15) is 0 Å². The van der Waals surface area contributed by atoms with Crippen LogP contribution in [0.5, 0.6) is 0 Å². The first-order chi connectivity index (χ1) is 12.7. The molecule has 0 bridgehead atoms. The second-order valence-electron chi connectivity index (χ2n) is 7.46. The first-order valence-electron chi connectivity index (χ1n) is 9.86. The molecule has 3 heterocycles. The first-order valence-corrected chi connectivity index (χ1v) is 9.86. The fraction of sp³-hybridized carbons (Fsp3) is 0.524. The number of anilines is 3. The van der Waals surface area contributed by atoms with E-state index < -0.39 is 0 Å². The van der Waals surface area contributed by atoms with E-state index in [0.717, 1.165) is 51.0 Å². The number of piperidine rings is 1. The number of nitrogens with zero attached hydrogens (tertiary/aromatic N) is 5. The minimum absolute atomic E-state index is 0.902. The van der Waals surface area contributed by atoms with E-state index in [0.29, 0.717) is 0 Å². The van der Waals surface area contributed by atoms with Gasteiger partial charge in [-0.25, -0.2) is 4.98 Å². The van der Waals surface area contributed by atoms with Crippen LogP contribution in [0.1, 0.15) is 30.4 Å². The summed E-state index contributed by atoms with van der Waals surface area (Å²) in [7, 11) is 0. The van der Waals surface area contributed by atoms with Gasteiger partial charge in [0.15, 0.2) is 0 Å². The minimum Gasteiger partial charge on any atom is -0.368 e. The number of hydrogen-bond donors (Lipinski definition) is 0. The fourth-order valence-corrected chi connectivity index (χ4v) is 4.02. The number of aryl methyl sites for hydroxylation is 1. The number of piperazine rings is 1. The quantitative estimate of drug-likeness (QED) is 0.847. The van der Waals surface area contributed by atoms with Crippen molar-refractivity contribution in [3.63, 3.8) is 0 Å². The maximum Gasteiger partial charge on any atom is 0.227 e. The lowest BCUT2D eigenvalue weighted by Gasteiger charge is -2.38. The Morgan fingerprint density at radius 3 is 2.27 bits per heavy atom. The molecule has 0 radical (unpaired) electrons. The highest BCUT2D eigenvalue weighted by atomic mass is 15.3. The van der Waals surface area contributed by atoms with Gasteiger partial charge in [-0.15, -0.1) is 0 Å². The van der Waals surface area contributed by atoms with Crippen molar-refractivity contribution in [1.29, 1.82) is 0 Å². The van der Waals surface area contributed by atoms with Crippen LogP contribution in [0.25, 0.3) is 0 Å². The molecule has 4 rings (SSSR count). The number of hydrogen-bond acceptors (Lipinski definition) is 5. The van der Waals surface area contributed by atoms with Crippen LogP contribution >= 0.6 is 0 Å². The zero-order chi connectivity index (χ0) is 17.9. The molecular formula is C21H29N5. The molecule has 2 aromatic rings. The third-order valence-electron chi connectivity index (χ3n) is 5.79. The predicted octanol–water partition coefficient (Wildman–Crippen LogP) is 3.41. The lowest BCUT2D eigenvalue weighted by atomic mass is 10.1. The summed E-state index contributed by atoms with van der Waals surface area (Å²) in [6, 6.07) is 8.66. The Kier molecular flexibility index (Phi) is 4.96. The topological polar surface area (TPSA) is 35.5 Å². The first kappa shape index (κ1) is 17.1. The molecule has 26 heavy (non-hydrogen) atoms. The van der Waals surface area contributed by atoms with E-state index in [2.05, 4.69) is 57.8 Å². The molecule has 5 heteroatoms. The molecule has 0 atom stereocenters. The molecule has 0 amide bonds. The van der Waals surface area contributed by atoms with Gasteiger partial charge < -0.3 is 14.7 Å². The third kappa shape index (κ3) is 3.48. The summed E-state index contributed by atoms with van der Waals surface area (Å²) in [6.45, 7) is 10.7. The van der Waals surface area contributed by atoms with Crippen molar-refractivity contribution in [1.82, 2.24) is 9.97 Å². The zero-order valence-electron chi connectivity index (χ0n) is 16.0. The molecule has 1 aromatic carbocycles. The van der Waals surface area contributed by atoms with Gasteiger partial charge in [-0.1, -0.05) is 12.1 Å². The van der Waals surface area contributed by atoms with Gasteiger partial charge in [-0.2, -0.15) is 4.98 Å². The van der Waals surface area contributed by atoms with Crippen molar-refractivity contribution < 1.29 is 0 Å². The van der Waals surface area contributed by atoms with Crippen LogP contribution in [0.15, 0.2) is 30.5 Å². The number of rotatable bonds is 3. The van der Waals surface area contributed by atoms with Crippen molar-refractivity contribution in [3.8, 4) is 0 Å². The average molecular weight is 351 g/mol. The Bertz CT molecular complexity index is 746. The molecule has 138 valence electrons. The Labute approximate surface area is 156 Å². The molecule has 1 aromatic heterocycles. The molecule has 0 aliphatic carbocycles. The maximum atomic E-state index is 4.87. The number of benzene rings is 1. The zero-order valence-corrected chi connectivity index (χ0v) is 16.0. The summed E-state index contributed by atoms with van der Waals surface area (Å²) in [5, 5.41) is 0. The van der Waals surface area contributed by atoms with E-state index in [-0.39, 0.29) is 0 Å². The highest BCUT2D eigenvalue weighted by Gasteiger charge is 2.21. The van der Waals surface area contributed by atoms with Crippen LogP contribution in [0, 0.1) is 13.8 Å². The van der Waals surface area contributed by atoms with Crippen LogP contribution in [0.4, 0.5) is 17.5 Å². The van der Waals surface area contributed by atoms with Gasteiger partial charge in [0.2, 0.25) is 5.95 Å². The van der Waals surface area contributed by atoms with Crippen LogP contribution in [0.3, 0.4) is 0 Å². The average Bonchev–Trinajstić information content (AvgIpc) is 2.71. The van der Waals surface area contributed by atoms with Gasteiger partial charge in [0.25, 0.3) is 0 Å². The van der Waals surface area contributed by atoms with Crippen LogP contribution in [-0.4, -0.2) is 49.2 Å². The Morgan fingerprint density at radius 1 is 0.769 bits per heavy atom. The summed E-state index contributed by atoms with van der Waals surface area (Å²) < 4.78 is 0. The van der Waals surface area contributed by atoms with Gasteiger partial charge in [0, 0.05) is 51.2 Å². The molecule has 0 spiro atoms. The van der Waals surface area contributed by atoms with Gasteiger partial charge in [0.05, 0.1) is 0 Å². The van der Waals surface area contributed by atoms with Crippen molar-refractivity contribution in [2.24, 2.45) is 0 Å². The summed E-state index contributed by atoms with van der Waals surface area (Å²) in [5.74, 6) is 1.97. The monoisotopic (exact) mass is 351 g/mol. The van der Waals surface area contributed by atoms with Crippen LogP contribution < -0.4 is 14.7 Å². The van der Waals surface area contributed by atoms with Crippen molar-refractivity contribution >= 4 is 17.5 Å². The van der Waals surface area contributed by atoms with Gasteiger partial charge >= 0.3 is 0 Å². The second kappa shape index (κ2) is 7.52. The molecule has 0 N–H and O–H groups in total. The van der Waals surface area contributed by atoms with Crippen molar-refractivity contribution in [2.75, 3.05) is 54.0 Å². The lowest BCUT2D eigenvalue weighted by Crippen LogP contribution is -2.47. The van der Waals surface area contributed by atoms with E-state index in [1.807, 2.05) is 6.20 Å². The SMILES string of the molecule is Cc1cccc(N2CCN(c3ccnc(N4CCCCC4)n3)CC2)c1C. The molecule has 2 aliphatic rings. The third-order valence-corrected chi connectivity index (χ3v) is 5.79. The fourth-order valence-electron chi connectivity index (χ4n) is 4.02. The summed E-state index contributed by atoms with van der Waals surface area (Å²) >= 11 is 0. The van der Waals surface area contributed by atoms with E-state index in [1.165, 1.54) is 36.1 Å². The van der Waals surface area contributed by atoms with Gasteiger partial charge in [-0.3, -0.25) is 0 Å². The Morgan fingerprint density at radius 2 is 1.50 bits per heavy atom. The van der Waals surface area contributed by atoms with Crippen LogP contribution in [-0.2, 0) is 0 Å². The van der Waals surface area contributed by atoms with Crippen molar-refractivity contribution in [3.05, 3.63) is 41.6 Å². The normalized spacial score (nSPS) is 18.3. The standard InChI is InChI=1S/C21H29N5/c1-17-7-6-8-19(18(17)2)24-13-15-25(16-14-24)20-9-10-22-21(23-20)26-11-4-3-5-12-26/h6-10H,3-5,11-16H2,1-2H3. The molecule has 0 unspecified atom stereocenters. The Balaban J connectivity index is 1.44. The summed E-state index contributed by atoms with van der Waals surface area (Å²) in [6.07, 6.45) is 5.75. The number of aromatic nitrogens is 2. The van der Waals surface area contributed by atoms with Crippen molar-refractivity contribution in [2.45, 2.75) is 33.1 Å². The highest BCUT2D eigenvalue weighted by molar-refractivity contribution is 5.57. The molecule has 2 aliphatic heterocycles. The summed E-state index contributed by atoms with van der Waals surface area (Å²) in [5.41, 5.74) is 4.14. The molecule has 2 fully saturated rings. The molecule has 5 nitrogen and oxygen atoms in total. The van der Waals surface area contributed by atoms with Crippen LogP contribution in [0.2, 0.25) is 0 Å². The van der Waals surface area contributed by atoms with E-state index >= 15 is 0 Å². The highest BCUT2D eigenvalue weighted by Crippen LogP contribution is 2.25. The largest absolute Gasteiger partial charge is 0.368 e. The van der Waals surface area contributed by atoms with E-state index in [4.69, 9.17) is 4.98 Å². The lowest BCUT2D eigenvalue weighted by molar-refractivity contribution is 0.567.